The molecular weight excluding hydrogens is 466 g/mol. The lowest BCUT2D eigenvalue weighted by molar-refractivity contribution is -0.384. The molecule has 1 saturated heterocycles. The summed E-state index contributed by atoms with van der Waals surface area (Å²) in [6.45, 7) is 3.31. The van der Waals surface area contributed by atoms with E-state index in [9.17, 15) is 28.1 Å². The van der Waals surface area contributed by atoms with E-state index >= 15 is 0 Å². The van der Waals surface area contributed by atoms with Crippen molar-refractivity contribution in [2.75, 3.05) is 25.1 Å². The van der Waals surface area contributed by atoms with Gasteiger partial charge in [0.15, 0.2) is 6.61 Å². The molecule has 0 aromatic heterocycles. The second-order valence-corrected chi connectivity index (χ2v) is 9.50. The second-order valence-electron chi connectivity index (χ2n) is 7.61. The molecule has 1 N–H and O–H groups in total. The molecule has 1 atom stereocenters. The van der Waals surface area contributed by atoms with Crippen LogP contribution in [-0.2, 0) is 24.3 Å². The Morgan fingerprint density at radius 2 is 1.91 bits per heavy atom. The normalized spacial score (nSPS) is 16.1. The van der Waals surface area contributed by atoms with E-state index in [0.29, 0.717) is 13.0 Å². The Morgan fingerprint density at radius 3 is 2.56 bits per heavy atom. The van der Waals surface area contributed by atoms with E-state index in [1.165, 1.54) is 30.3 Å². The summed E-state index contributed by atoms with van der Waals surface area (Å²) in [5.41, 5.74) is 0.436. The van der Waals surface area contributed by atoms with Crippen molar-refractivity contribution >= 4 is 33.3 Å². The van der Waals surface area contributed by atoms with Gasteiger partial charge in [-0.2, -0.15) is 4.31 Å². The topological polar surface area (TPSA) is 145 Å². The number of nitro groups is 1. The first-order valence-electron chi connectivity index (χ1n) is 10.6. The van der Waals surface area contributed by atoms with Crippen molar-refractivity contribution in [3.8, 4) is 5.75 Å². The van der Waals surface area contributed by atoms with Gasteiger partial charge in [0.25, 0.3) is 11.6 Å². The molecule has 0 radical (unpaired) electrons. The van der Waals surface area contributed by atoms with E-state index in [0.717, 1.165) is 9.87 Å². The van der Waals surface area contributed by atoms with Crippen LogP contribution in [-0.4, -0.2) is 55.3 Å². The molecular formula is C22H25N3O8S. The van der Waals surface area contributed by atoms with Crippen LogP contribution in [0.3, 0.4) is 0 Å². The maximum atomic E-state index is 13.0. The SMILES string of the molecule is CCOc1ccc(NC(=O)COC(=O)[C@@H]2CCCN2S(=O)(=O)c2ccc(C)cc2)c([N+](=O)[O-])c1. The Labute approximate surface area is 196 Å². The predicted octanol–water partition coefficient (Wildman–Crippen LogP) is 2.64. The molecule has 3 rings (SSSR count). The van der Waals surface area contributed by atoms with Crippen molar-refractivity contribution < 1.29 is 32.4 Å². The van der Waals surface area contributed by atoms with E-state index in [2.05, 4.69) is 5.32 Å². The van der Waals surface area contributed by atoms with Gasteiger partial charge in [0.1, 0.15) is 17.5 Å². The molecule has 2 aromatic carbocycles. The molecule has 1 heterocycles. The summed E-state index contributed by atoms with van der Waals surface area (Å²) in [5, 5.41) is 13.7. The largest absolute Gasteiger partial charge is 0.494 e. The minimum atomic E-state index is -3.92. The Kier molecular flexibility index (Phi) is 7.84. The fourth-order valence-electron chi connectivity index (χ4n) is 3.55. The van der Waals surface area contributed by atoms with Crippen molar-refractivity contribution in [2.24, 2.45) is 0 Å². The molecule has 1 amide bonds. The number of ether oxygens (including phenoxy) is 2. The van der Waals surface area contributed by atoms with Crippen LogP contribution < -0.4 is 10.1 Å². The fraction of sp³-hybridized carbons (Fsp3) is 0.364. The van der Waals surface area contributed by atoms with Crippen LogP contribution in [0.15, 0.2) is 47.4 Å². The summed E-state index contributed by atoms with van der Waals surface area (Å²) in [6.07, 6.45) is 0.728. The van der Waals surface area contributed by atoms with Crippen LogP contribution in [0.4, 0.5) is 11.4 Å². The highest BCUT2D eigenvalue weighted by Crippen LogP contribution is 2.30. The summed E-state index contributed by atoms with van der Waals surface area (Å²) in [7, 11) is -3.92. The number of hydrogen-bond acceptors (Lipinski definition) is 8. The highest BCUT2D eigenvalue weighted by Gasteiger charge is 2.40. The van der Waals surface area contributed by atoms with Gasteiger partial charge in [0.05, 0.1) is 22.5 Å². The summed E-state index contributed by atoms with van der Waals surface area (Å²) in [5.74, 6) is -1.38. The average molecular weight is 492 g/mol. The number of carbonyl (C=O) groups is 2. The minimum absolute atomic E-state index is 0.0679. The number of sulfonamides is 1. The van der Waals surface area contributed by atoms with E-state index < -0.39 is 39.5 Å². The number of amides is 1. The van der Waals surface area contributed by atoms with Gasteiger partial charge in [-0.25, -0.2) is 8.42 Å². The zero-order valence-corrected chi connectivity index (χ0v) is 19.5. The van der Waals surface area contributed by atoms with Gasteiger partial charge in [-0.05, 0) is 51.0 Å². The van der Waals surface area contributed by atoms with Crippen molar-refractivity contribution in [1.82, 2.24) is 4.31 Å². The van der Waals surface area contributed by atoms with Gasteiger partial charge in [-0.15, -0.1) is 0 Å². The number of hydrogen-bond donors (Lipinski definition) is 1. The Balaban J connectivity index is 1.64. The molecule has 0 unspecified atom stereocenters. The minimum Gasteiger partial charge on any atom is -0.494 e. The lowest BCUT2D eigenvalue weighted by Gasteiger charge is -2.22. The quantitative estimate of drug-likeness (QED) is 0.320. The summed E-state index contributed by atoms with van der Waals surface area (Å²) < 4.78 is 37.3. The van der Waals surface area contributed by atoms with Crippen molar-refractivity contribution in [3.05, 3.63) is 58.1 Å². The number of aryl methyl sites for hydroxylation is 1. The number of rotatable bonds is 9. The number of carbonyl (C=O) groups excluding carboxylic acids is 2. The molecule has 182 valence electrons. The average Bonchev–Trinajstić information content (AvgIpc) is 3.30. The number of nitrogens with zero attached hydrogens (tertiary/aromatic N) is 2. The summed E-state index contributed by atoms with van der Waals surface area (Å²) in [6, 6.07) is 9.18. The Bertz CT molecular complexity index is 1180. The van der Waals surface area contributed by atoms with Gasteiger partial charge in [-0.3, -0.25) is 19.7 Å². The van der Waals surface area contributed by atoms with E-state index in [4.69, 9.17) is 9.47 Å². The number of esters is 1. The van der Waals surface area contributed by atoms with E-state index in [1.54, 1.807) is 19.1 Å². The molecule has 0 bridgehead atoms. The van der Waals surface area contributed by atoms with Gasteiger partial charge in [0, 0.05) is 6.54 Å². The maximum absolute atomic E-state index is 13.0. The monoisotopic (exact) mass is 491 g/mol. The van der Waals surface area contributed by atoms with Crippen LogP contribution >= 0.6 is 0 Å². The van der Waals surface area contributed by atoms with Crippen LogP contribution in [0.2, 0.25) is 0 Å². The molecule has 1 fully saturated rings. The molecule has 0 aliphatic carbocycles. The van der Waals surface area contributed by atoms with Crippen molar-refractivity contribution in [1.29, 1.82) is 0 Å². The lowest BCUT2D eigenvalue weighted by atomic mass is 10.2. The van der Waals surface area contributed by atoms with Crippen LogP contribution in [0.1, 0.15) is 25.3 Å². The maximum Gasteiger partial charge on any atom is 0.324 e. The summed E-state index contributed by atoms with van der Waals surface area (Å²) >= 11 is 0. The number of benzene rings is 2. The standard InChI is InChI=1S/C22H25N3O8S/c1-3-32-16-8-11-18(20(13-16)25(28)29)23-21(26)14-33-22(27)19-5-4-12-24(19)34(30,31)17-9-6-15(2)7-10-17/h6-11,13,19H,3-5,12,14H2,1-2H3,(H,23,26)/t19-/m0/s1. The first kappa shape index (κ1) is 25.1. The van der Waals surface area contributed by atoms with Gasteiger partial charge < -0.3 is 14.8 Å². The van der Waals surface area contributed by atoms with Crippen LogP contribution in [0.25, 0.3) is 0 Å². The van der Waals surface area contributed by atoms with Crippen LogP contribution in [0.5, 0.6) is 5.75 Å². The van der Waals surface area contributed by atoms with E-state index in [-0.39, 0.29) is 35.0 Å². The zero-order valence-electron chi connectivity index (χ0n) is 18.7. The molecule has 1 aliphatic rings. The fourth-order valence-corrected chi connectivity index (χ4v) is 5.20. The zero-order chi connectivity index (χ0) is 24.9. The number of nitro benzene ring substituents is 1. The summed E-state index contributed by atoms with van der Waals surface area (Å²) in [4.78, 5) is 35.6. The number of nitrogens with one attached hydrogen (secondary N) is 1. The van der Waals surface area contributed by atoms with Gasteiger partial charge in [0.2, 0.25) is 10.0 Å². The third-order valence-corrected chi connectivity index (χ3v) is 7.12. The third-order valence-electron chi connectivity index (χ3n) is 5.20. The molecule has 12 heteroatoms. The molecule has 34 heavy (non-hydrogen) atoms. The molecule has 1 aliphatic heterocycles. The predicted molar refractivity (Wildman–Crippen MR) is 122 cm³/mol. The van der Waals surface area contributed by atoms with Crippen LogP contribution in [0, 0.1) is 17.0 Å². The van der Waals surface area contributed by atoms with Gasteiger partial charge >= 0.3 is 5.97 Å². The smallest absolute Gasteiger partial charge is 0.324 e. The van der Waals surface area contributed by atoms with Crippen molar-refractivity contribution in [3.63, 3.8) is 0 Å². The van der Waals surface area contributed by atoms with E-state index in [1.807, 2.05) is 6.92 Å². The molecule has 0 spiro atoms. The van der Waals surface area contributed by atoms with Crippen molar-refractivity contribution in [2.45, 2.75) is 37.6 Å². The first-order valence-corrected chi connectivity index (χ1v) is 12.0. The Hall–Kier alpha value is -3.51. The van der Waals surface area contributed by atoms with Gasteiger partial charge in [-0.1, -0.05) is 17.7 Å². The molecule has 0 saturated carbocycles. The third kappa shape index (κ3) is 5.69. The second kappa shape index (κ2) is 10.6. The Morgan fingerprint density at radius 1 is 1.21 bits per heavy atom. The highest BCUT2D eigenvalue weighted by atomic mass is 32.2. The first-order chi connectivity index (χ1) is 16.1. The number of anilines is 1. The molecule has 11 nitrogen and oxygen atoms in total. The lowest BCUT2D eigenvalue weighted by Crippen LogP contribution is -2.42. The highest BCUT2D eigenvalue weighted by molar-refractivity contribution is 7.89. The molecule has 2 aromatic rings.